The zero-order chi connectivity index (χ0) is 16.2. The van der Waals surface area contributed by atoms with Gasteiger partial charge in [0, 0.05) is 18.5 Å². The highest BCUT2D eigenvalue weighted by Crippen LogP contribution is 2.28. The van der Waals surface area contributed by atoms with Gasteiger partial charge in [-0.05, 0) is 18.4 Å². The number of aromatic nitrogens is 1. The highest BCUT2D eigenvalue weighted by Gasteiger charge is 2.27. The summed E-state index contributed by atoms with van der Waals surface area (Å²) in [6, 6.07) is 3.94. The van der Waals surface area contributed by atoms with E-state index in [4.69, 9.17) is 4.74 Å². The summed E-state index contributed by atoms with van der Waals surface area (Å²) in [5.74, 6) is -0.843. The molecule has 1 unspecified atom stereocenters. The molecule has 3 heterocycles. The average molecular weight is 348 g/mol. The molecule has 1 atom stereocenters. The molecule has 0 saturated heterocycles. The third-order valence-corrected chi connectivity index (χ3v) is 5.32. The van der Waals surface area contributed by atoms with E-state index in [0.717, 1.165) is 9.88 Å². The molecular formula is C16H16N2O3S2. The van der Waals surface area contributed by atoms with Gasteiger partial charge in [0.2, 0.25) is 0 Å². The van der Waals surface area contributed by atoms with Crippen LogP contribution in [0.15, 0.2) is 35.0 Å². The van der Waals surface area contributed by atoms with Crippen LogP contribution in [0.2, 0.25) is 0 Å². The first-order valence-electron chi connectivity index (χ1n) is 7.31. The first-order chi connectivity index (χ1) is 11.2. The van der Waals surface area contributed by atoms with E-state index in [1.54, 1.807) is 34.6 Å². The number of nitrogens with zero attached hydrogens (tertiary/aromatic N) is 2. The molecule has 23 heavy (non-hydrogen) atoms. The molecule has 0 aliphatic carbocycles. The van der Waals surface area contributed by atoms with E-state index in [1.165, 1.54) is 11.3 Å². The summed E-state index contributed by atoms with van der Waals surface area (Å²) in [6.45, 7) is 2.93. The predicted octanol–water partition coefficient (Wildman–Crippen LogP) is 3.06. The Balaban J connectivity index is 1.71. The molecule has 7 heteroatoms. The van der Waals surface area contributed by atoms with Crippen molar-refractivity contribution in [2.45, 2.75) is 6.92 Å². The van der Waals surface area contributed by atoms with Crippen LogP contribution < -0.4 is 0 Å². The van der Waals surface area contributed by atoms with Crippen molar-refractivity contribution in [1.29, 1.82) is 0 Å². The van der Waals surface area contributed by atoms with Gasteiger partial charge < -0.3 is 9.64 Å². The van der Waals surface area contributed by atoms with Gasteiger partial charge in [-0.1, -0.05) is 18.2 Å². The Hall–Kier alpha value is -1.99. The third kappa shape index (κ3) is 3.51. The van der Waals surface area contributed by atoms with Gasteiger partial charge in [0.05, 0.1) is 17.4 Å². The molecule has 120 valence electrons. The maximum absolute atomic E-state index is 12.6. The average Bonchev–Trinajstić information content (AvgIpc) is 3.25. The molecule has 0 N–H and O–H groups in total. The van der Waals surface area contributed by atoms with Crippen LogP contribution in [0, 0.1) is 5.92 Å². The lowest BCUT2D eigenvalue weighted by atomic mass is 10.1. The second-order valence-corrected chi connectivity index (χ2v) is 6.82. The van der Waals surface area contributed by atoms with Crippen molar-refractivity contribution >= 4 is 34.6 Å². The number of ether oxygens (including phenoxy) is 1. The number of carbonyl (C=O) groups excluding carboxylic acids is 2. The highest BCUT2D eigenvalue weighted by atomic mass is 32.1. The maximum atomic E-state index is 12.6. The predicted molar refractivity (Wildman–Crippen MR) is 90.6 cm³/mol. The number of thiazole rings is 1. The quantitative estimate of drug-likeness (QED) is 0.629. The molecule has 3 rings (SSSR count). The molecule has 1 aliphatic rings. The van der Waals surface area contributed by atoms with Crippen molar-refractivity contribution in [1.82, 2.24) is 9.88 Å². The van der Waals surface area contributed by atoms with Crippen LogP contribution in [0.5, 0.6) is 0 Å². The fourth-order valence-corrected chi connectivity index (χ4v) is 3.95. The molecule has 0 bridgehead atoms. The minimum Gasteiger partial charge on any atom is -0.465 e. The Labute approximate surface area is 142 Å². The molecule has 5 nitrogen and oxygen atoms in total. The number of thiophene rings is 1. The summed E-state index contributed by atoms with van der Waals surface area (Å²) in [4.78, 5) is 31.6. The Kier molecular flexibility index (Phi) is 4.88. The standard InChI is InChI=1S/C16H16N2O3S2/c1-2-21-16(20)11-5-3-7-18(9-11)15(19)12-10-23-14(17-12)13-6-4-8-22-13/h3-6,8,10-11H,2,7,9H2,1H3. The molecule has 0 saturated carbocycles. The monoisotopic (exact) mass is 348 g/mol. The number of hydrogen-bond acceptors (Lipinski definition) is 6. The van der Waals surface area contributed by atoms with Gasteiger partial charge in [-0.2, -0.15) is 0 Å². The number of rotatable bonds is 4. The normalized spacial score (nSPS) is 17.3. The van der Waals surface area contributed by atoms with Gasteiger partial charge >= 0.3 is 5.97 Å². The molecule has 0 radical (unpaired) electrons. The molecule has 1 amide bonds. The molecule has 0 spiro atoms. The second-order valence-electron chi connectivity index (χ2n) is 5.01. The van der Waals surface area contributed by atoms with Gasteiger partial charge in [-0.3, -0.25) is 9.59 Å². The van der Waals surface area contributed by atoms with Crippen LogP contribution in [-0.4, -0.2) is 41.5 Å². The molecule has 2 aromatic heterocycles. The number of hydrogen-bond donors (Lipinski definition) is 0. The summed E-state index contributed by atoms with van der Waals surface area (Å²) in [7, 11) is 0. The SMILES string of the molecule is CCOC(=O)C1C=CCN(C(=O)c2csc(-c3cccs3)n2)C1. The first-order valence-corrected chi connectivity index (χ1v) is 9.07. The van der Waals surface area contributed by atoms with E-state index in [0.29, 0.717) is 25.4 Å². The summed E-state index contributed by atoms with van der Waals surface area (Å²) < 4.78 is 5.03. The summed E-state index contributed by atoms with van der Waals surface area (Å²) in [6.07, 6.45) is 3.63. The maximum Gasteiger partial charge on any atom is 0.314 e. The van der Waals surface area contributed by atoms with Gasteiger partial charge in [0.15, 0.2) is 0 Å². The lowest BCUT2D eigenvalue weighted by molar-refractivity contribution is -0.146. The second kappa shape index (κ2) is 7.06. The zero-order valence-corrected chi connectivity index (χ0v) is 14.2. The van der Waals surface area contributed by atoms with E-state index >= 15 is 0 Å². The summed E-state index contributed by atoms with van der Waals surface area (Å²) in [5.41, 5.74) is 0.427. The Bertz CT molecular complexity index is 722. The summed E-state index contributed by atoms with van der Waals surface area (Å²) in [5, 5.41) is 4.60. The van der Waals surface area contributed by atoms with E-state index < -0.39 is 5.92 Å². The van der Waals surface area contributed by atoms with E-state index in [-0.39, 0.29) is 11.9 Å². The zero-order valence-electron chi connectivity index (χ0n) is 12.6. The number of amides is 1. The van der Waals surface area contributed by atoms with Gasteiger partial charge in [0.1, 0.15) is 10.7 Å². The highest BCUT2D eigenvalue weighted by molar-refractivity contribution is 7.20. The van der Waals surface area contributed by atoms with E-state index in [2.05, 4.69) is 4.98 Å². The van der Waals surface area contributed by atoms with E-state index in [1.807, 2.05) is 23.6 Å². The molecular weight excluding hydrogens is 332 g/mol. The van der Waals surface area contributed by atoms with Crippen LogP contribution in [0.3, 0.4) is 0 Å². The van der Waals surface area contributed by atoms with Crippen molar-refractivity contribution in [2.75, 3.05) is 19.7 Å². The van der Waals surface area contributed by atoms with E-state index in [9.17, 15) is 9.59 Å². The fourth-order valence-electron chi connectivity index (χ4n) is 2.34. The third-order valence-electron chi connectivity index (χ3n) is 3.44. The topological polar surface area (TPSA) is 59.5 Å². The van der Waals surface area contributed by atoms with Gasteiger partial charge in [-0.25, -0.2) is 4.98 Å². The summed E-state index contributed by atoms with van der Waals surface area (Å²) >= 11 is 3.05. The lowest BCUT2D eigenvalue weighted by Crippen LogP contribution is -2.40. The van der Waals surface area contributed by atoms with Crippen LogP contribution in [0.4, 0.5) is 0 Å². The minimum atomic E-state index is -0.400. The van der Waals surface area contributed by atoms with Crippen molar-refractivity contribution in [3.8, 4) is 9.88 Å². The van der Waals surface area contributed by atoms with Gasteiger partial charge in [-0.15, -0.1) is 22.7 Å². The van der Waals surface area contributed by atoms with Gasteiger partial charge in [0.25, 0.3) is 5.91 Å². The van der Waals surface area contributed by atoms with Crippen molar-refractivity contribution in [2.24, 2.45) is 5.92 Å². The smallest absolute Gasteiger partial charge is 0.314 e. The van der Waals surface area contributed by atoms with Crippen LogP contribution in [-0.2, 0) is 9.53 Å². The van der Waals surface area contributed by atoms with Crippen molar-refractivity contribution in [3.63, 3.8) is 0 Å². The fraction of sp³-hybridized carbons (Fsp3) is 0.312. The molecule has 1 aliphatic heterocycles. The van der Waals surface area contributed by atoms with Crippen LogP contribution in [0.1, 0.15) is 17.4 Å². The van der Waals surface area contributed by atoms with Crippen LogP contribution >= 0.6 is 22.7 Å². The largest absolute Gasteiger partial charge is 0.465 e. The van der Waals surface area contributed by atoms with Crippen molar-refractivity contribution in [3.05, 3.63) is 40.7 Å². The Morgan fingerprint density at radius 2 is 2.30 bits per heavy atom. The molecule has 0 fully saturated rings. The first kappa shape index (κ1) is 15.9. The minimum absolute atomic E-state index is 0.150. The Morgan fingerprint density at radius 1 is 1.43 bits per heavy atom. The number of esters is 1. The molecule has 2 aromatic rings. The Morgan fingerprint density at radius 3 is 3.04 bits per heavy atom. The number of carbonyl (C=O) groups is 2. The van der Waals surface area contributed by atoms with Crippen molar-refractivity contribution < 1.29 is 14.3 Å². The molecule has 0 aromatic carbocycles. The lowest BCUT2D eigenvalue weighted by Gasteiger charge is -2.27. The van der Waals surface area contributed by atoms with Crippen LogP contribution in [0.25, 0.3) is 9.88 Å².